The number of rotatable bonds is 4. The second kappa shape index (κ2) is 7.53. The van der Waals surface area contributed by atoms with E-state index in [0.717, 1.165) is 17.7 Å². The first-order chi connectivity index (χ1) is 13.1. The van der Waals surface area contributed by atoms with Gasteiger partial charge in [-0.05, 0) is 23.6 Å². The zero-order chi connectivity index (χ0) is 18.8. The minimum atomic E-state index is -0.839. The Morgan fingerprint density at radius 2 is 1.89 bits per heavy atom. The number of carbonyl (C=O) groups excluding carboxylic acids is 1. The Balaban J connectivity index is 1.36. The van der Waals surface area contributed by atoms with E-state index in [1.807, 2.05) is 16.8 Å². The molecule has 140 valence electrons. The Labute approximate surface area is 158 Å². The summed E-state index contributed by atoms with van der Waals surface area (Å²) in [6.45, 7) is 2.32. The molecule has 1 fully saturated rings. The maximum atomic E-state index is 13.8. The normalized spacial score (nSPS) is 15.3. The number of carbonyl (C=O) groups is 1. The van der Waals surface area contributed by atoms with Crippen LogP contribution in [-0.4, -0.2) is 52.0 Å². The highest BCUT2D eigenvalue weighted by atomic mass is 32.1. The van der Waals surface area contributed by atoms with Crippen molar-refractivity contribution in [3.05, 3.63) is 58.1 Å². The molecule has 4 rings (SSSR count). The number of thiophene rings is 1. The van der Waals surface area contributed by atoms with Crippen molar-refractivity contribution >= 4 is 17.2 Å². The quantitative estimate of drug-likeness (QED) is 0.685. The topological polar surface area (TPSA) is 62.5 Å². The van der Waals surface area contributed by atoms with Gasteiger partial charge in [0.25, 0.3) is 5.91 Å². The number of aromatic nitrogens is 2. The van der Waals surface area contributed by atoms with Crippen LogP contribution in [0.15, 0.2) is 39.5 Å². The smallest absolute Gasteiger partial charge is 0.259 e. The number of piperazine rings is 1. The lowest BCUT2D eigenvalue weighted by Crippen LogP contribution is -2.48. The molecule has 0 aliphatic carbocycles. The molecular formula is C18H16F2N4O2S. The molecule has 1 aromatic carbocycles. The van der Waals surface area contributed by atoms with Gasteiger partial charge in [-0.2, -0.15) is 16.3 Å². The minimum Gasteiger partial charge on any atom is -0.338 e. The average molecular weight is 390 g/mol. The molecule has 0 radical (unpaired) electrons. The maximum Gasteiger partial charge on any atom is 0.259 e. The molecule has 0 bridgehead atoms. The van der Waals surface area contributed by atoms with E-state index in [9.17, 15) is 13.6 Å². The number of benzene rings is 1. The van der Waals surface area contributed by atoms with E-state index in [-0.39, 0.29) is 0 Å². The first kappa shape index (κ1) is 17.7. The van der Waals surface area contributed by atoms with E-state index in [4.69, 9.17) is 4.52 Å². The van der Waals surface area contributed by atoms with Crippen LogP contribution in [0.25, 0.3) is 11.4 Å². The van der Waals surface area contributed by atoms with Crippen molar-refractivity contribution < 1.29 is 18.1 Å². The predicted molar refractivity (Wildman–Crippen MR) is 95.1 cm³/mol. The van der Waals surface area contributed by atoms with Gasteiger partial charge < -0.3 is 9.42 Å². The van der Waals surface area contributed by atoms with Gasteiger partial charge in [0, 0.05) is 37.1 Å². The number of hydrogen-bond donors (Lipinski definition) is 0. The highest BCUT2D eigenvalue weighted by Gasteiger charge is 2.27. The van der Waals surface area contributed by atoms with E-state index < -0.39 is 23.1 Å². The number of nitrogens with zero attached hydrogens (tertiary/aromatic N) is 4. The van der Waals surface area contributed by atoms with Gasteiger partial charge in [0.05, 0.1) is 6.54 Å². The Kier molecular flexibility index (Phi) is 4.95. The Hall–Kier alpha value is -2.65. The Morgan fingerprint density at radius 3 is 2.56 bits per heavy atom. The van der Waals surface area contributed by atoms with Crippen LogP contribution in [0, 0.1) is 11.6 Å². The van der Waals surface area contributed by atoms with E-state index >= 15 is 0 Å². The molecule has 9 heteroatoms. The summed E-state index contributed by atoms with van der Waals surface area (Å²) in [5.41, 5.74) is 0.417. The lowest BCUT2D eigenvalue weighted by Gasteiger charge is -2.34. The van der Waals surface area contributed by atoms with Gasteiger partial charge in [0.15, 0.2) is 0 Å². The average Bonchev–Trinajstić information content (AvgIpc) is 3.33. The lowest BCUT2D eigenvalue weighted by atomic mass is 10.1. The fourth-order valence-electron chi connectivity index (χ4n) is 2.99. The van der Waals surface area contributed by atoms with Gasteiger partial charge in [-0.3, -0.25) is 9.69 Å². The molecule has 6 nitrogen and oxygen atoms in total. The molecule has 0 saturated carbocycles. The van der Waals surface area contributed by atoms with Crippen LogP contribution in [0.5, 0.6) is 0 Å². The zero-order valence-electron chi connectivity index (χ0n) is 14.3. The standard InChI is InChI=1S/C18H16F2N4O2S/c19-13-2-1-3-14(20)16(13)18(25)24-7-5-23(6-8-24)10-15-21-17(22-26-15)12-4-9-27-11-12/h1-4,9,11H,5-8,10H2. The van der Waals surface area contributed by atoms with Crippen molar-refractivity contribution in [2.45, 2.75) is 6.54 Å². The van der Waals surface area contributed by atoms with Gasteiger partial charge >= 0.3 is 0 Å². The summed E-state index contributed by atoms with van der Waals surface area (Å²) < 4.78 is 32.9. The number of halogens is 2. The third-order valence-electron chi connectivity index (χ3n) is 4.44. The van der Waals surface area contributed by atoms with Gasteiger partial charge in [0.2, 0.25) is 11.7 Å². The van der Waals surface area contributed by atoms with Crippen LogP contribution in [0.2, 0.25) is 0 Å². The third-order valence-corrected chi connectivity index (χ3v) is 5.13. The van der Waals surface area contributed by atoms with Crippen molar-refractivity contribution in [1.29, 1.82) is 0 Å². The fraction of sp³-hybridized carbons (Fsp3) is 0.278. The minimum absolute atomic E-state index is 0.373. The molecule has 0 spiro atoms. The molecular weight excluding hydrogens is 374 g/mol. The van der Waals surface area contributed by atoms with Crippen molar-refractivity contribution in [2.24, 2.45) is 0 Å². The number of amides is 1. The Morgan fingerprint density at radius 1 is 1.15 bits per heavy atom. The third kappa shape index (κ3) is 3.74. The molecule has 1 saturated heterocycles. The van der Waals surface area contributed by atoms with Gasteiger partial charge in [-0.15, -0.1) is 0 Å². The van der Waals surface area contributed by atoms with Crippen LogP contribution in [0.1, 0.15) is 16.2 Å². The maximum absolute atomic E-state index is 13.8. The number of hydrogen-bond acceptors (Lipinski definition) is 6. The molecule has 27 heavy (non-hydrogen) atoms. The largest absolute Gasteiger partial charge is 0.338 e. The summed E-state index contributed by atoms with van der Waals surface area (Å²) in [5.74, 6) is -1.25. The van der Waals surface area contributed by atoms with Crippen molar-refractivity contribution in [3.8, 4) is 11.4 Å². The monoisotopic (exact) mass is 390 g/mol. The molecule has 3 aromatic rings. The van der Waals surface area contributed by atoms with Gasteiger partial charge in [0.1, 0.15) is 17.2 Å². The molecule has 3 heterocycles. The summed E-state index contributed by atoms with van der Waals surface area (Å²) in [7, 11) is 0. The van der Waals surface area contributed by atoms with Gasteiger partial charge in [-0.1, -0.05) is 11.2 Å². The molecule has 0 unspecified atom stereocenters. The van der Waals surface area contributed by atoms with E-state index in [0.29, 0.717) is 44.4 Å². The lowest BCUT2D eigenvalue weighted by molar-refractivity contribution is 0.0606. The molecule has 1 aliphatic rings. The van der Waals surface area contributed by atoms with Gasteiger partial charge in [-0.25, -0.2) is 8.78 Å². The van der Waals surface area contributed by atoms with E-state index in [1.54, 1.807) is 11.3 Å². The second-order valence-electron chi connectivity index (χ2n) is 6.19. The van der Waals surface area contributed by atoms with E-state index in [2.05, 4.69) is 15.0 Å². The van der Waals surface area contributed by atoms with Crippen LogP contribution in [0.4, 0.5) is 8.78 Å². The van der Waals surface area contributed by atoms with Crippen molar-refractivity contribution in [1.82, 2.24) is 19.9 Å². The van der Waals surface area contributed by atoms with Crippen molar-refractivity contribution in [3.63, 3.8) is 0 Å². The second-order valence-corrected chi connectivity index (χ2v) is 6.97. The fourth-order valence-corrected chi connectivity index (χ4v) is 3.62. The zero-order valence-corrected chi connectivity index (χ0v) is 15.1. The van der Waals surface area contributed by atoms with Crippen LogP contribution < -0.4 is 0 Å². The van der Waals surface area contributed by atoms with Crippen LogP contribution in [-0.2, 0) is 6.54 Å². The van der Waals surface area contributed by atoms with Crippen molar-refractivity contribution in [2.75, 3.05) is 26.2 Å². The molecule has 2 aromatic heterocycles. The summed E-state index contributed by atoms with van der Waals surface area (Å²) in [6.07, 6.45) is 0. The molecule has 1 aliphatic heterocycles. The SMILES string of the molecule is O=C(c1c(F)cccc1F)N1CCN(Cc2nc(-c3ccsc3)no2)CC1. The summed E-state index contributed by atoms with van der Waals surface area (Å²) in [6, 6.07) is 5.35. The first-order valence-electron chi connectivity index (χ1n) is 8.42. The molecule has 0 N–H and O–H groups in total. The van der Waals surface area contributed by atoms with Crippen LogP contribution >= 0.6 is 11.3 Å². The summed E-state index contributed by atoms with van der Waals surface area (Å²) in [4.78, 5) is 20.3. The molecule has 0 atom stereocenters. The highest BCUT2D eigenvalue weighted by molar-refractivity contribution is 7.08. The predicted octanol–water partition coefficient (Wildman–Crippen LogP) is 3.03. The van der Waals surface area contributed by atoms with Crippen LogP contribution in [0.3, 0.4) is 0 Å². The molecule has 1 amide bonds. The summed E-state index contributed by atoms with van der Waals surface area (Å²) in [5, 5.41) is 7.86. The summed E-state index contributed by atoms with van der Waals surface area (Å²) >= 11 is 1.56. The first-order valence-corrected chi connectivity index (χ1v) is 9.37. The van der Waals surface area contributed by atoms with E-state index in [1.165, 1.54) is 11.0 Å². The Bertz CT molecular complexity index is 917. The highest BCUT2D eigenvalue weighted by Crippen LogP contribution is 2.20.